The summed E-state index contributed by atoms with van der Waals surface area (Å²) in [6, 6.07) is 7.99. The van der Waals surface area contributed by atoms with Gasteiger partial charge in [-0.05, 0) is 38.4 Å². The van der Waals surface area contributed by atoms with Crippen LogP contribution in [0.3, 0.4) is 0 Å². The summed E-state index contributed by atoms with van der Waals surface area (Å²) in [6.07, 6.45) is 2.53. The van der Waals surface area contributed by atoms with Crippen LogP contribution in [0, 0.1) is 0 Å². The van der Waals surface area contributed by atoms with E-state index in [2.05, 4.69) is 15.3 Å². The third-order valence-electron chi connectivity index (χ3n) is 4.17. The van der Waals surface area contributed by atoms with Crippen molar-refractivity contribution in [3.8, 4) is 0 Å². The van der Waals surface area contributed by atoms with Crippen molar-refractivity contribution < 1.29 is 9.53 Å². The molecule has 21 heavy (non-hydrogen) atoms. The highest BCUT2D eigenvalue weighted by Gasteiger charge is 2.45. The number of fused-ring (bicyclic) bond motifs is 1. The maximum atomic E-state index is 12.0. The van der Waals surface area contributed by atoms with E-state index in [4.69, 9.17) is 4.74 Å². The van der Waals surface area contributed by atoms with E-state index >= 15 is 0 Å². The highest BCUT2D eigenvalue weighted by Crippen LogP contribution is 2.40. The van der Waals surface area contributed by atoms with Crippen LogP contribution in [-0.2, 0) is 9.53 Å². The second kappa shape index (κ2) is 5.69. The summed E-state index contributed by atoms with van der Waals surface area (Å²) >= 11 is 1.71. The highest BCUT2D eigenvalue weighted by molar-refractivity contribution is 7.99. The number of hydrogen-bond donors (Lipinski definition) is 2. The monoisotopic (exact) mass is 305 g/mol. The molecule has 112 valence electrons. The SMILES string of the molecule is CNC1(C(=O)OC)CCC(Sc2nc3ccccc3[nH]2)C1. The summed E-state index contributed by atoms with van der Waals surface area (Å²) in [5.74, 6) is -0.169. The van der Waals surface area contributed by atoms with Crippen LogP contribution in [0.4, 0.5) is 0 Å². The summed E-state index contributed by atoms with van der Waals surface area (Å²) in [7, 11) is 3.27. The molecule has 1 aliphatic rings. The van der Waals surface area contributed by atoms with Crippen LogP contribution in [0.2, 0.25) is 0 Å². The number of nitrogens with one attached hydrogen (secondary N) is 2. The quantitative estimate of drug-likeness (QED) is 0.849. The van der Waals surface area contributed by atoms with Crippen molar-refractivity contribution in [3.63, 3.8) is 0 Å². The normalized spacial score (nSPS) is 25.3. The van der Waals surface area contributed by atoms with Gasteiger partial charge in [-0.3, -0.25) is 4.79 Å². The summed E-state index contributed by atoms with van der Waals surface area (Å²) in [4.78, 5) is 19.9. The second-order valence-electron chi connectivity index (χ2n) is 5.37. The number of methoxy groups -OCH3 is 1. The average molecular weight is 305 g/mol. The molecule has 0 bridgehead atoms. The van der Waals surface area contributed by atoms with Crippen LogP contribution >= 0.6 is 11.8 Å². The fourth-order valence-electron chi connectivity index (χ4n) is 2.95. The minimum Gasteiger partial charge on any atom is -0.468 e. The van der Waals surface area contributed by atoms with Gasteiger partial charge < -0.3 is 15.0 Å². The average Bonchev–Trinajstić information content (AvgIpc) is 3.10. The number of aromatic amines is 1. The van der Waals surface area contributed by atoms with Gasteiger partial charge in [0.2, 0.25) is 0 Å². The number of H-pyrrole nitrogens is 1. The van der Waals surface area contributed by atoms with Gasteiger partial charge in [-0.2, -0.15) is 0 Å². The maximum absolute atomic E-state index is 12.0. The van der Waals surface area contributed by atoms with E-state index in [0.29, 0.717) is 5.25 Å². The predicted octanol–water partition coefficient (Wildman–Crippen LogP) is 2.34. The van der Waals surface area contributed by atoms with Gasteiger partial charge >= 0.3 is 5.97 Å². The number of carbonyl (C=O) groups excluding carboxylic acids is 1. The zero-order valence-electron chi connectivity index (χ0n) is 12.2. The predicted molar refractivity (Wildman–Crippen MR) is 83.4 cm³/mol. The molecule has 2 unspecified atom stereocenters. The molecule has 0 amide bonds. The van der Waals surface area contributed by atoms with E-state index in [1.54, 1.807) is 11.8 Å². The lowest BCUT2D eigenvalue weighted by atomic mass is 9.98. The van der Waals surface area contributed by atoms with Gasteiger partial charge in [0.15, 0.2) is 5.16 Å². The number of rotatable bonds is 4. The first-order valence-corrected chi connectivity index (χ1v) is 7.93. The first-order chi connectivity index (χ1) is 10.2. The molecule has 5 nitrogen and oxygen atoms in total. The molecule has 1 heterocycles. The summed E-state index contributed by atoms with van der Waals surface area (Å²) in [5.41, 5.74) is 1.48. The molecule has 2 atom stereocenters. The van der Waals surface area contributed by atoms with Gasteiger partial charge in [0.1, 0.15) is 5.54 Å². The third kappa shape index (κ3) is 2.65. The van der Waals surface area contributed by atoms with Gasteiger partial charge in [-0.25, -0.2) is 4.98 Å². The molecule has 0 spiro atoms. The minimum atomic E-state index is -0.543. The number of esters is 1. The molecular weight excluding hydrogens is 286 g/mol. The molecule has 2 aromatic rings. The Labute approximate surface area is 127 Å². The summed E-state index contributed by atoms with van der Waals surface area (Å²) in [5, 5.41) is 4.43. The van der Waals surface area contributed by atoms with Gasteiger partial charge in [-0.15, -0.1) is 0 Å². The Morgan fingerprint density at radius 2 is 2.33 bits per heavy atom. The minimum absolute atomic E-state index is 0.169. The van der Waals surface area contributed by atoms with E-state index in [1.807, 2.05) is 31.3 Å². The maximum Gasteiger partial charge on any atom is 0.326 e. The topological polar surface area (TPSA) is 67.0 Å². The Balaban J connectivity index is 1.73. The molecule has 1 aromatic heterocycles. The molecule has 3 rings (SSSR count). The lowest BCUT2D eigenvalue weighted by molar-refractivity contribution is -0.148. The van der Waals surface area contributed by atoms with Gasteiger partial charge in [-0.1, -0.05) is 23.9 Å². The fourth-order valence-corrected chi connectivity index (χ4v) is 4.19. The molecular formula is C15H19N3O2S. The van der Waals surface area contributed by atoms with Gasteiger partial charge in [0.05, 0.1) is 18.1 Å². The van der Waals surface area contributed by atoms with Crippen LogP contribution in [0.15, 0.2) is 29.4 Å². The second-order valence-corrected chi connectivity index (χ2v) is 6.65. The van der Waals surface area contributed by atoms with E-state index in [1.165, 1.54) is 7.11 Å². The number of para-hydroxylation sites is 2. The van der Waals surface area contributed by atoms with Gasteiger partial charge in [0.25, 0.3) is 0 Å². The molecule has 1 aliphatic carbocycles. The molecule has 0 saturated heterocycles. The number of likely N-dealkylation sites (N-methyl/N-ethyl adjacent to an activating group) is 1. The Hall–Kier alpha value is -1.53. The van der Waals surface area contributed by atoms with E-state index in [-0.39, 0.29) is 5.97 Å². The van der Waals surface area contributed by atoms with Crippen LogP contribution in [0.5, 0.6) is 0 Å². The van der Waals surface area contributed by atoms with Crippen molar-refractivity contribution in [2.24, 2.45) is 0 Å². The lowest BCUT2D eigenvalue weighted by Crippen LogP contribution is -2.49. The van der Waals surface area contributed by atoms with Crippen molar-refractivity contribution in [1.29, 1.82) is 0 Å². The molecule has 1 aromatic carbocycles. The van der Waals surface area contributed by atoms with Crippen molar-refractivity contribution in [2.75, 3.05) is 14.2 Å². The van der Waals surface area contributed by atoms with Crippen molar-refractivity contribution in [2.45, 2.75) is 35.2 Å². The molecule has 0 aliphatic heterocycles. The smallest absolute Gasteiger partial charge is 0.326 e. The van der Waals surface area contributed by atoms with Crippen LogP contribution in [-0.4, -0.2) is 40.9 Å². The van der Waals surface area contributed by atoms with Crippen molar-refractivity contribution >= 4 is 28.8 Å². The van der Waals surface area contributed by atoms with E-state index < -0.39 is 5.54 Å². The largest absolute Gasteiger partial charge is 0.468 e. The number of hydrogen-bond acceptors (Lipinski definition) is 5. The van der Waals surface area contributed by atoms with E-state index in [0.717, 1.165) is 35.5 Å². The number of aromatic nitrogens is 2. The van der Waals surface area contributed by atoms with Crippen molar-refractivity contribution in [1.82, 2.24) is 15.3 Å². The van der Waals surface area contributed by atoms with E-state index in [9.17, 15) is 4.79 Å². The Bertz CT molecular complexity index is 624. The zero-order valence-corrected chi connectivity index (χ0v) is 13.0. The number of benzene rings is 1. The zero-order chi connectivity index (χ0) is 14.9. The first kappa shape index (κ1) is 14.4. The lowest BCUT2D eigenvalue weighted by Gasteiger charge is -2.25. The van der Waals surface area contributed by atoms with Crippen molar-refractivity contribution in [3.05, 3.63) is 24.3 Å². The Kier molecular flexibility index (Phi) is 3.91. The summed E-state index contributed by atoms with van der Waals surface area (Å²) in [6.45, 7) is 0. The molecule has 0 radical (unpaired) electrons. The number of ether oxygens (including phenoxy) is 1. The molecule has 1 saturated carbocycles. The molecule has 1 fully saturated rings. The van der Waals surface area contributed by atoms with Crippen LogP contribution in [0.25, 0.3) is 11.0 Å². The third-order valence-corrected chi connectivity index (χ3v) is 5.32. The number of thioether (sulfide) groups is 1. The molecule has 2 N–H and O–H groups in total. The fraction of sp³-hybridized carbons (Fsp3) is 0.467. The number of carbonyl (C=O) groups is 1. The Morgan fingerprint density at radius 3 is 3.05 bits per heavy atom. The van der Waals surface area contributed by atoms with Crippen LogP contribution < -0.4 is 5.32 Å². The standard InChI is InChI=1S/C15H19N3O2S/c1-16-15(13(19)20-2)8-7-10(9-15)21-14-17-11-5-3-4-6-12(11)18-14/h3-6,10,16H,7-9H2,1-2H3,(H,17,18). The Morgan fingerprint density at radius 1 is 1.52 bits per heavy atom. The van der Waals surface area contributed by atoms with Crippen LogP contribution in [0.1, 0.15) is 19.3 Å². The highest BCUT2D eigenvalue weighted by atomic mass is 32.2. The summed E-state index contributed by atoms with van der Waals surface area (Å²) < 4.78 is 4.94. The number of imidazole rings is 1. The number of nitrogens with zero attached hydrogens (tertiary/aromatic N) is 1. The molecule has 6 heteroatoms. The first-order valence-electron chi connectivity index (χ1n) is 7.05. The van der Waals surface area contributed by atoms with Gasteiger partial charge in [0, 0.05) is 5.25 Å².